The first-order chi connectivity index (χ1) is 13.6. The Morgan fingerprint density at radius 3 is 2.64 bits per heavy atom. The molecule has 0 saturated heterocycles. The Kier molecular flexibility index (Phi) is 5.08. The molecule has 2 heterocycles. The first kappa shape index (κ1) is 18.2. The number of halogens is 1. The Morgan fingerprint density at radius 1 is 1.07 bits per heavy atom. The van der Waals surface area contributed by atoms with Crippen LogP contribution in [0.25, 0.3) is 16.9 Å². The minimum absolute atomic E-state index is 0.0430. The van der Waals surface area contributed by atoms with Gasteiger partial charge in [0.25, 0.3) is 0 Å². The number of pyridine rings is 1. The fraction of sp³-hybridized carbons (Fsp3) is 0.136. The van der Waals surface area contributed by atoms with E-state index in [-0.39, 0.29) is 5.91 Å². The Hall–Kier alpha value is -3.18. The van der Waals surface area contributed by atoms with Crippen molar-refractivity contribution >= 4 is 28.7 Å². The third kappa shape index (κ3) is 3.75. The maximum Gasteiger partial charge on any atom is 0.224 e. The number of carbonyl (C=O) groups excluding carboxylic acids is 1. The fourth-order valence-electron chi connectivity index (χ4n) is 3.18. The summed E-state index contributed by atoms with van der Waals surface area (Å²) in [7, 11) is 0. The van der Waals surface area contributed by atoms with Crippen molar-refractivity contribution in [3.63, 3.8) is 0 Å². The van der Waals surface area contributed by atoms with E-state index in [0.717, 1.165) is 33.8 Å². The third-order valence-corrected chi connectivity index (χ3v) is 4.95. The number of imidazole rings is 1. The molecule has 0 unspecified atom stereocenters. The predicted molar refractivity (Wildman–Crippen MR) is 111 cm³/mol. The summed E-state index contributed by atoms with van der Waals surface area (Å²) in [6.45, 7) is 2.38. The van der Waals surface area contributed by atoms with Crippen molar-refractivity contribution in [2.45, 2.75) is 19.9 Å². The van der Waals surface area contributed by atoms with Gasteiger partial charge in [0.1, 0.15) is 11.3 Å². The van der Waals surface area contributed by atoms with Crippen LogP contribution < -0.4 is 5.32 Å². The highest BCUT2D eigenvalue weighted by Gasteiger charge is 2.10. The fourth-order valence-corrected chi connectivity index (χ4v) is 3.38. The van der Waals surface area contributed by atoms with Gasteiger partial charge in [-0.15, -0.1) is 0 Å². The molecule has 0 spiro atoms. The van der Waals surface area contributed by atoms with E-state index in [1.807, 2.05) is 72.2 Å². The van der Waals surface area contributed by atoms with Gasteiger partial charge in [-0.1, -0.05) is 41.9 Å². The zero-order valence-corrected chi connectivity index (χ0v) is 16.1. The SMILES string of the molecule is Cc1nc2cccnc2n1-c1ccc(CC(=O)NCc2ccccc2Cl)cc1. The molecule has 2 aromatic carbocycles. The topological polar surface area (TPSA) is 59.8 Å². The normalized spacial score (nSPS) is 10.9. The zero-order chi connectivity index (χ0) is 19.5. The minimum atomic E-state index is -0.0430. The second-order valence-electron chi connectivity index (χ2n) is 6.55. The van der Waals surface area contributed by atoms with E-state index in [9.17, 15) is 4.79 Å². The van der Waals surface area contributed by atoms with E-state index in [1.54, 1.807) is 6.20 Å². The van der Waals surface area contributed by atoms with Crippen molar-refractivity contribution in [2.75, 3.05) is 0 Å². The minimum Gasteiger partial charge on any atom is -0.352 e. The standard InChI is InChI=1S/C22H19ClN4O/c1-15-26-20-7-4-12-24-22(20)27(15)18-10-8-16(9-11-18)13-21(28)25-14-17-5-2-3-6-19(17)23/h2-12H,13-14H2,1H3,(H,25,28). The summed E-state index contributed by atoms with van der Waals surface area (Å²) in [5, 5.41) is 3.57. The molecule has 0 fully saturated rings. The summed E-state index contributed by atoms with van der Waals surface area (Å²) >= 11 is 6.12. The van der Waals surface area contributed by atoms with Crippen LogP contribution in [-0.2, 0) is 17.8 Å². The highest BCUT2D eigenvalue weighted by molar-refractivity contribution is 6.31. The molecule has 6 heteroatoms. The lowest BCUT2D eigenvalue weighted by atomic mass is 10.1. The number of hydrogen-bond donors (Lipinski definition) is 1. The van der Waals surface area contributed by atoms with Crippen LogP contribution in [0.1, 0.15) is 17.0 Å². The van der Waals surface area contributed by atoms with Gasteiger partial charge in [0, 0.05) is 23.5 Å². The summed E-state index contributed by atoms with van der Waals surface area (Å²) in [6.07, 6.45) is 2.07. The molecule has 1 N–H and O–H groups in total. The summed E-state index contributed by atoms with van der Waals surface area (Å²) in [6, 6.07) is 19.2. The molecule has 0 atom stereocenters. The van der Waals surface area contributed by atoms with Crippen molar-refractivity contribution in [1.82, 2.24) is 19.9 Å². The number of carbonyl (C=O) groups is 1. The molecule has 1 amide bonds. The average molecular weight is 391 g/mol. The molecule has 0 radical (unpaired) electrons. The lowest BCUT2D eigenvalue weighted by molar-refractivity contribution is -0.120. The van der Waals surface area contributed by atoms with Crippen LogP contribution >= 0.6 is 11.6 Å². The second kappa shape index (κ2) is 7.82. The molecule has 4 rings (SSSR count). The quantitative estimate of drug-likeness (QED) is 0.554. The highest BCUT2D eigenvalue weighted by atomic mass is 35.5. The van der Waals surface area contributed by atoms with E-state index in [0.29, 0.717) is 18.0 Å². The maximum absolute atomic E-state index is 12.3. The van der Waals surface area contributed by atoms with E-state index in [4.69, 9.17) is 11.6 Å². The molecule has 0 saturated carbocycles. The number of nitrogens with one attached hydrogen (secondary N) is 1. The van der Waals surface area contributed by atoms with Crippen LogP contribution in [0.15, 0.2) is 66.9 Å². The lowest BCUT2D eigenvalue weighted by Crippen LogP contribution is -2.24. The Balaban J connectivity index is 1.45. The van der Waals surface area contributed by atoms with Crippen LogP contribution in [0.2, 0.25) is 5.02 Å². The number of nitrogens with zero attached hydrogens (tertiary/aromatic N) is 3. The summed E-state index contributed by atoms with van der Waals surface area (Å²) < 4.78 is 2.01. The average Bonchev–Trinajstić information content (AvgIpc) is 3.04. The largest absolute Gasteiger partial charge is 0.352 e. The molecule has 28 heavy (non-hydrogen) atoms. The Morgan fingerprint density at radius 2 is 1.86 bits per heavy atom. The molecule has 0 aliphatic carbocycles. The predicted octanol–water partition coefficient (Wildman–Crippen LogP) is 4.24. The summed E-state index contributed by atoms with van der Waals surface area (Å²) in [4.78, 5) is 21.2. The van der Waals surface area contributed by atoms with Crippen LogP contribution in [0.4, 0.5) is 0 Å². The van der Waals surface area contributed by atoms with E-state index in [2.05, 4.69) is 15.3 Å². The molecule has 4 aromatic rings. The number of aromatic nitrogens is 3. The molecule has 140 valence electrons. The van der Waals surface area contributed by atoms with Crippen molar-refractivity contribution in [1.29, 1.82) is 0 Å². The molecule has 5 nitrogen and oxygen atoms in total. The van der Waals surface area contributed by atoms with Crippen molar-refractivity contribution in [3.8, 4) is 5.69 Å². The number of rotatable bonds is 5. The summed E-state index contributed by atoms with van der Waals surface area (Å²) in [5.41, 5.74) is 4.51. The van der Waals surface area contributed by atoms with Gasteiger partial charge >= 0.3 is 0 Å². The number of benzene rings is 2. The van der Waals surface area contributed by atoms with Crippen molar-refractivity contribution < 1.29 is 4.79 Å². The molecule has 2 aromatic heterocycles. The Bertz CT molecular complexity index is 1130. The molecule has 0 aliphatic heterocycles. The van der Waals surface area contributed by atoms with Gasteiger partial charge in [0.15, 0.2) is 5.65 Å². The van der Waals surface area contributed by atoms with Gasteiger partial charge in [-0.25, -0.2) is 9.97 Å². The number of fused-ring (bicyclic) bond motifs is 1. The first-order valence-corrected chi connectivity index (χ1v) is 9.39. The number of hydrogen-bond acceptors (Lipinski definition) is 3. The Labute approximate surface area is 168 Å². The van der Waals surface area contributed by atoms with Gasteiger partial charge in [-0.2, -0.15) is 0 Å². The number of amides is 1. The van der Waals surface area contributed by atoms with Gasteiger partial charge in [-0.3, -0.25) is 9.36 Å². The summed E-state index contributed by atoms with van der Waals surface area (Å²) in [5.74, 6) is 0.831. The second-order valence-corrected chi connectivity index (χ2v) is 6.96. The smallest absolute Gasteiger partial charge is 0.224 e. The molecular weight excluding hydrogens is 372 g/mol. The van der Waals surface area contributed by atoms with Crippen LogP contribution in [0.5, 0.6) is 0 Å². The van der Waals surface area contributed by atoms with Crippen LogP contribution in [0, 0.1) is 6.92 Å². The van der Waals surface area contributed by atoms with Gasteiger partial charge in [0.2, 0.25) is 5.91 Å². The molecule has 0 aliphatic rings. The molecule has 0 bridgehead atoms. The molecular formula is C22H19ClN4O. The third-order valence-electron chi connectivity index (χ3n) is 4.58. The number of aryl methyl sites for hydroxylation is 1. The van der Waals surface area contributed by atoms with Gasteiger partial charge in [-0.05, 0) is 48.4 Å². The van der Waals surface area contributed by atoms with E-state index in [1.165, 1.54) is 0 Å². The van der Waals surface area contributed by atoms with Crippen molar-refractivity contribution in [3.05, 3.63) is 88.8 Å². The van der Waals surface area contributed by atoms with Crippen molar-refractivity contribution in [2.24, 2.45) is 0 Å². The van der Waals surface area contributed by atoms with Crippen LogP contribution in [-0.4, -0.2) is 20.4 Å². The monoisotopic (exact) mass is 390 g/mol. The maximum atomic E-state index is 12.3. The van der Waals surface area contributed by atoms with Gasteiger partial charge < -0.3 is 5.32 Å². The first-order valence-electron chi connectivity index (χ1n) is 9.01. The van der Waals surface area contributed by atoms with Gasteiger partial charge in [0.05, 0.1) is 6.42 Å². The van der Waals surface area contributed by atoms with E-state index < -0.39 is 0 Å². The zero-order valence-electron chi connectivity index (χ0n) is 15.4. The van der Waals surface area contributed by atoms with Crippen LogP contribution in [0.3, 0.4) is 0 Å². The van der Waals surface area contributed by atoms with E-state index >= 15 is 0 Å². The highest BCUT2D eigenvalue weighted by Crippen LogP contribution is 2.20. The lowest BCUT2D eigenvalue weighted by Gasteiger charge is -2.09.